The van der Waals surface area contributed by atoms with E-state index in [0.29, 0.717) is 19.7 Å². The van der Waals surface area contributed by atoms with Crippen molar-refractivity contribution < 1.29 is 24.5 Å². The van der Waals surface area contributed by atoms with Crippen LogP contribution in [0.15, 0.2) is 48.8 Å². The standard InChI is InChI=1S/C19H29N3O5/c1-4-15-11-21(13-18(23)10-20-19(24)5-2)8-6-16(15)7-9-26-14-17-12-22(17)27-25-3/h4-5,7,9,17-18,23H,1-2,6,8,10-14H2,3H3,(H,20,24)/b9-7+/t17?,18-,22?/m0/s1. The number of nitrogens with zero attached hydrogens (tertiary/aromatic N) is 2. The third kappa shape index (κ3) is 7.28. The molecular weight excluding hydrogens is 350 g/mol. The molecule has 1 saturated heterocycles. The molecule has 0 spiro atoms. The van der Waals surface area contributed by atoms with Crippen LogP contribution in [-0.2, 0) is 19.4 Å². The number of nitrogens with one attached hydrogen (secondary N) is 1. The Morgan fingerprint density at radius 3 is 2.96 bits per heavy atom. The molecule has 0 aromatic carbocycles. The van der Waals surface area contributed by atoms with Crippen molar-refractivity contribution >= 4 is 5.91 Å². The number of β-amino-alcohol motifs (C(OH)–C–C–N with tert-alkyl or cyclic N) is 1. The second-order valence-corrected chi connectivity index (χ2v) is 6.47. The van der Waals surface area contributed by atoms with Gasteiger partial charge in [-0.15, -0.1) is 10.1 Å². The SMILES string of the molecule is C=CC(=O)NC[C@H](O)CN1CCC(/C=C/OCC2CN2OOC)=C(C=C)C1. The van der Waals surface area contributed by atoms with E-state index in [-0.39, 0.29) is 18.5 Å². The van der Waals surface area contributed by atoms with Crippen molar-refractivity contribution in [1.29, 1.82) is 0 Å². The molecular formula is C19H29N3O5. The highest BCUT2D eigenvalue weighted by molar-refractivity contribution is 5.86. The Labute approximate surface area is 160 Å². The Morgan fingerprint density at radius 1 is 1.44 bits per heavy atom. The normalized spacial score (nSPS) is 23.9. The van der Waals surface area contributed by atoms with Gasteiger partial charge in [-0.05, 0) is 29.7 Å². The smallest absolute Gasteiger partial charge is 0.243 e. The zero-order valence-corrected chi connectivity index (χ0v) is 15.8. The number of hydrogen-bond donors (Lipinski definition) is 2. The number of ether oxygens (including phenoxy) is 1. The first-order chi connectivity index (χ1) is 13.1. The van der Waals surface area contributed by atoms with Crippen LogP contribution in [0.4, 0.5) is 0 Å². The van der Waals surface area contributed by atoms with E-state index in [9.17, 15) is 9.90 Å². The summed E-state index contributed by atoms with van der Waals surface area (Å²) in [6, 6.07) is 0.229. The second kappa shape index (κ2) is 11.0. The predicted octanol–water partition coefficient (Wildman–Crippen LogP) is 0.545. The molecule has 150 valence electrons. The van der Waals surface area contributed by atoms with Gasteiger partial charge in [0, 0.05) is 32.7 Å². The molecule has 0 radical (unpaired) electrons. The average Bonchev–Trinajstić information content (AvgIpc) is 3.42. The van der Waals surface area contributed by atoms with Crippen molar-refractivity contribution in [3.8, 4) is 0 Å². The fourth-order valence-corrected chi connectivity index (χ4v) is 2.84. The molecule has 2 unspecified atom stereocenters. The molecule has 2 aliphatic heterocycles. The largest absolute Gasteiger partial charge is 0.499 e. The first kappa shape index (κ1) is 21.3. The van der Waals surface area contributed by atoms with Crippen LogP contribution in [0, 0.1) is 0 Å². The first-order valence-corrected chi connectivity index (χ1v) is 8.98. The Hall–Kier alpha value is -1.97. The van der Waals surface area contributed by atoms with Crippen molar-refractivity contribution in [2.24, 2.45) is 0 Å². The summed E-state index contributed by atoms with van der Waals surface area (Å²) in [6.45, 7) is 10.8. The maximum absolute atomic E-state index is 11.2. The summed E-state index contributed by atoms with van der Waals surface area (Å²) < 4.78 is 5.56. The van der Waals surface area contributed by atoms with Gasteiger partial charge in [0.05, 0.1) is 25.5 Å². The van der Waals surface area contributed by atoms with Crippen molar-refractivity contribution in [3.05, 3.63) is 48.8 Å². The number of carbonyl (C=O) groups is 1. The number of hydroxylamine groups is 2. The number of carbonyl (C=O) groups excluding carboxylic acids is 1. The van der Waals surface area contributed by atoms with Crippen molar-refractivity contribution in [2.75, 3.05) is 46.4 Å². The number of aliphatic hydroxyl groups excluding tert-OH is 1. The molecule has 2 rings (SSSR count). The maximum Gasteiger partial charge on any atom is 0.243 e. The summed E-state index contributed by atoms with van der Waals surface area (Å²) in [5, 5.41) is 14.4. The summed E-state index contributed by atoms with van der Waals surface area (Å²) in [5.74, 6) is -0.283. The molecule has 0 aromatic heterocycles. The fourth-order valence-electron chi connectivity index (χ4n) is 2.84. The fraction of sp³-hybridized carbons (Fsp3) is 0.526. The zero-order valence-electron chi connectivity index (χ0n) is 15.8. The van der Waals surface area contributed by atoms with Crippen LogP contribution in [0.2, 0.25) is 0 Å². The van der Waals surface area contributed by atoms with Gasteiger partial charge in [-0.25, -0.2) is 4.89 Å². The lowest BCUT2D eigenvalue weighted by molar-refractivity contribution is -0.377. The van der Waals surface area contributed by atoms with Crippen molar-refractivity contribution in [3.63, 3.8) is 0 Å². The molecule has 0 bridgehead atoms. The summed E-state index contributed by atoms with van der Waals surface area (Å²) in [7, 11) is 1.47. The highest BCUT2D eigenvalue weighted by atomic mass is 17.3. The molecule has 0 saturated carbocycles. The summed E-state index contributed by atoms with van der Waals surface area (Å²) in [6.07, 6.45) is 6.92. The predicted molar refractivity (Wildman–Crippen MR) is 101 cm³/mol. The third-order valence-corrected chi connectivity index (χ3v) is 4.41. The minimum absolute atomic E-state index is 0.208. The topological polar surface area (TPSA) is 83.3 Å². The summed E-state index contributed by atoms with van der Waals surface area (Å²) >= 11 is 0. The minimum atomic E-state index is -0.629. The van der Waals surface area contributed by atoms with Crippen LogP contribution >= 0.6 is 0 Å². The Morgan fingerprint density at radius 2 is 2.26 bits per heavy atom. The van der Waals surface area contributed by atoms with Gasteiger partial charge in [-0.2, -0.15) is 0 Å². The molecule has 1 fully saturated rings. The van der Waals surface area contributed by atoms with Gasteiger partial charge in [0.25, 0.3) is 0 Å². The van der Waals surface area contributed by atoms with Crippen LogP contribution in [0.25, 0.3) is 0 Å². The molecule has 0 aromatic rings. The molecule has 2 aliphatic rings. The van der Waals surface area contributed by atoms with E-state index >= 15 is 0 Å². The van der Waals surface area contributed by atoms with Crippen LogP contribution < -0.4 is 5.32 Å². The van der Waals surface area contributed by atoms with Crippen LogP contribution in [-0.4, -0.2) is 79.6 Å². The lowest BCUT2D eigenvalue weighted by Gasteiger charge is -2.30. The molecule has 27 heavy (non-hydrogen) atoms. The number of aliphatic hydroxyl groups is 1. The number of amides is 1. The first-order valence-electron chi connectivity index (χ1n) is 8.98. The monoisotopic (exact) mass is 379 g/mol. The van der Waals surface area contributed by atoms with E-state index < -0.39 is 6.10 Å². The van der Waals surface area contributed by atoms with E-state index in [4.69, 9.17) is 9.73 Å². The summed E-state index contributed by atoms with van der Waals surface area (Å²) in [4.78, 5) is 22.8. The maximum atomic E-state index is 11.2. The van der Waals surface area contributed by atoms with Crippen LogP contribution in [0.1, 0.15) is 6.42 Å². The number of hydrogen-bond acceptors (Lipinski definition) is 7. The van der Waals surface area contributed by atoms with Crippen molar-refractivity contribution in [2.45, 2.75) is 18.6 Å². The highest BCUT2D eigenvalue weighted by Gasteiger charge is 2.37. The quantitative estimate of drug-likeness (QED) is 0.168. The van der Waals surface area contributed by atoms with E-state index in [1.54, 1.807) is 11.3 Å². The Balaban J connectivity index is 1.74. The molecule has 8 nitrogen and oxygen atoms in total. The molecule has 0 aliphatic carbocycles. The molecule has 3 atom stereocenters. The zero-order chi connectivity index (χ0) is 19.6. The molecule has 2 heterocycles. The second-order valence-electron chi connectivity index (χ2n) is 6.47. The Bertz CT molecular complexity index is 590. The van der Waals surface area contributed by atoms with E-state index in [1.165, 1.54) is 18.8 Å². The van der Waals surface area contributed by atoms with Crippen LogP contribution in [0.3, 0.4) is 0 Å². The van der Waals surface area contributed by atoms with Gasteiger partial charge in [0.1, 0.15) is 6.61 Å². The summed E-state index contributed by atoms with van der Waals surface area (Å²) in [5.41, 5.74) is 2.29. The minimum Gasteiger partial charge on any atom is -0.499 e. The number of allylic oxidation sites excluding steroid dienone is 1. The average molecular weight is 379 g/mol. The lowest BCUT2D eigenvalue weighted by atomic mass is 9.99. The van der Waals surface area contributed by atoms with Gasteiger partial charge < -0.3 is 15.2 Å². The number of rotatable bonds is 12. The van der Waals surface area contributed by atoms with E-state index in [2.05, 4.69) is 28.3 Å². The van der Waals surface area contributed by atoms with E-state index in [1.807, 2.05) is 12.2 Å². The van der Waals surface area contributed by atoms with Gasteiger partial charge >= 0.3 is 0 Å². The van der Waals surface area contributed by atoms with Gasteiger partial charge in [0.2, 0.25) is 5.91 Å². The van der Waals surface area contributed by atoms with Gasteiger partial charge in [-0.1, -0.05) is 19.2 Å². The van der Waals surface area contributed by atoms with E-state index in [0.717, 1.165) is 25.1 Å². The van der Waals surface area contributed by atoms with Crippen LogP contribution in [0.5, 0.6) is 0 Å². The molecule has 2 N–H and O–H groups in total. The Kier molecular flexibility index (Phi) is 8.70. The highest BCUT2D eigenvalue weighted by Crippen LogP contribution is 2.21. The molecule has 1 amide bonds. The molecule has 8 heteroatoms. The van der Waals surface area contributed by atoms with Gasteiger partial charge in [0.15, 0.2) is 0 Å². The third-order valence-electron chi connectivity index (χ3n) is 4.41. The van der Waals surface area contributed by atoms with Crippen molar-refractivity contribution in [1.82, 2.24) is 15.3 Å². The van der Waals surface area contributed by atoms with Gasteiger partial charge in [-0.3, -0.25) is 9.69 Å². The lowest BCUT2D eigenvalue weighted by Crippen LogP contribution is -2.42.